The van der Waals surface area contributed by atoms with Crippen molar-refractivity contribution in [1.82, 2.24) is 9.55 Å². The molecule has 0 radical (unpaired) electrons. The molecule has 0 aliphatic rings. The first-order chi connectivity index (χ1) is 10.1. The van der Waals surface area contributed by atoms with Crippen LogP contribution in [0.5, 0.6) is 0 Å². The molecule has 0 spiro atoms. The van der Waals surface area contributed by atoms with Gasteiger partial charge in [-0.25, -0.2) is 4.98 Å². The summed E-state index contributed by atoms with van der Waals surface area (Å²) in [6, 6.07) is 6.40. The van der Waals surface area contributed by atoms with Crippen LogP contribution in [0.1, 0.15) is 30.2 Å². The van der Waals surface area contributed by atoms with E-state index in [1.807, 2.05) is 13.8 Å². The predicted octanol–water partition coefficient (Wildman–Crippen LogP) is 3.98. The number of hydrogen-bond acceptors (Lipinski definition) is 3. The van der Waals surface area contributed by atoms with Crippen LogP contribution >= 0.6 is 0 Å². The molecule has 0 unspecified atom stereocenters. The summed E-state index contributed by atoms with van der Waals surface area (Å²) in [5, 5.41) is 3.44. The summed E-state index contributed by atoms with van der Waals surface area (Å²) in [5.41, 5.74) is 4.64. The summed E-state index contributed by atoms with van der Waals surface area (Å²) in [6.45, 7) is 10.7. The molecule has 0 amide bonds. The van der Waals surface area contributed by atoms with Gasteiger partial charge in [0.15, 0.2) is 0 Å². The Balaban J connectivity index is 2.08. The topological polar surface area (TPSA) is 39.1 Å². The second kappa shape index (κ2) is 7.27. The Labute approximate surface area is 127 Å². The van der Waals surface area contributed by atoms with Crippen molar-refractivity contribution in [2.45, 2.75) is 40.7 Å². The maximum atomic E-state index is 5.40. The van der Waals surface area contributed by atoms with E-state index >= 15 is 0 Å². The highest BCUT2D eigenvalue weighted by molar-refractivity contribution is 5.59. The first-order valence-corrected chi connectivity index (χ1v) is 7.56. The van der Waals surface area contributed by atoms with E-state index in [1.54, 1.807) is 0 Å². The smallest absolute Gasteiger partial charge is 0.207 e. The van der Waals surface area contributed by atoms with E-state index in [2.05, 4.69) is 53.1 Å². The minimum Gasteiger partial charge on any atom is -0.382 e. The van der Waals surface area contributed by atoms with E-state index in [9.17, 15) is 0 Å². The minimum atomic E-state index is 0.774. The molecule has 0 aliphatic heterocycles. The number of ether oxygens (including phenoxy) is 1. The van der Waals surface area contributed by atoms with Gasteiger partial charge in [0.2, 0.25) is 5.95 Å². The van der Waals surface area contributed by atoms with Crippen LogP contribution in [0.4, 0.5) is 11.6 Å². The summed E-state index contributed by atoms with van der Waals surface area (Å²) < 4.78 is 7.56. The minimum absolute atomic E-state index is 0.774. The van der Waals surface area contributed by atoms with Gasteiger partial charge in [-0.15, -0.1) is 0 Å². The molecule has 0 atom stereocenters. The van der Waals surface area contributed by atoms with Gasteiger partial charge in [0.05, 0.1) is 5.69 Å². The zero-order chi connectivity index (χ0) is 15.2. The van der Waals surface area contributed by atoms with Crippen molar-refractivity contribution in [2.24, 2.45) is 0 Å². The van der Waals surface area contributed by atoms with Crippen molar-refractivity contribution in [3.63, 3.8) is 0 Å². The van der Waals surface area contributed by atoms with Crippen LogP contribution in [-0.2, 0) is 11.3 Å². The van der Waals surface area contributed by atoms with Gasteiger partial charge >= 0.3 is 0 Å². The maximum absolute atomic E-state index is 5.40. The average Bonchev–Trinajstić information content (AvgIpc) is 2.78. The van der Waals surface area contributed by atoms with Crippen LogP contribution in [0.3, 0.4) is 0 Å². The molecule has 4 heteroatoms. The van der Waals surface area contributed by atoms with E-state index in [0.717, 1.165) is 43.5 Å². The quantitative estimate of drug-likeness (QED) is 0.783. The Morgan fingerprint density at radius 2 is 2.05 bits per heavy atom. The fourth-order valence-electron chi connectivity index (χ4n) is 2.37. The first kappa shape index (κ1) is 15.6. The van der Waals surface area contributed by atoms with Gasteiger partial charge in [0.25, 0.3) is 0 Å². The lowest BCUT2D eigenvalue weighted by Gasteiger charge is -2.12. The Morgan fingerprint density at radius 3 is 2.76 bits per heavy atom. The highest BCUT2D eigenvalue weighted by atomic mass is 16.5. The van der Waals surface area contributed by atoms with Gasteiger partial charge in [-0.3, -0.25) is 0 Å². The molecular formula is C17H25N3O. The van der Waals surface area contributed by atoms with Crippen molar-refractivity contribution < 1.29 is 4.74 Å². The van der Waals surface area contributed by atoms with E-state index in [0.29, 0.717) is 0 Å². The number of rotatable bonds is 7. The molecule has 0 aliphatic carbocycles. The summed E-state index contributed by atoms with van der Waals surface area (Å²) in [6.07, 6.45) is 3.07. The van der Waals surface area contributed by atoms with Crippen LogP contribution in [-0.4, -0.2) is 22.8 Å². The SMILES string of the molecule is CCOCCCn1cc(C)nc1Nc1ccc(C)cc1C. The summed E-state index contributed by atoms with van der Waals surface area (Å²) in [7, 11) is 0. The van der Waals surface area contributed by atoms with Crippen molar-refractivity contribution >= 4 is 11.6 Å². The molecule has 0 saturated heterocycles. The van der Waals surface area contributed by atoms with E-state index in [4.69, 9.17) is 4.74 Å². The van der Waals surface area contributed by atoms with Gasteiger partial charge in [-0.2, -0.15) is 0 Å². The molecule has 1 aromatic heterocycles. The van der Waals surface area contributed by atoms with E-state index in [1.165, 1.54) is 11.1 Å². The third-order valence-corrected chi connectivity index (χ3v) is 3.42. The number of hydrogen-bond donors (Lipinski definition) is 1. The van der Waals surface area contributed by atoms with Crippen molar-refractivity contribution in [2.75, 3.05) is 18.5 Å². The van der Waals surface area contributed by atoms with Gasteiger partial charge in [0, 0.05) is 31.6 Å². The van der Waals surface area contributed by atoms with E-state index < -0.39 is 0 Å². The van der Waals surface area contributed by atoms with Gasteiger partial charge < -0.3 is 14.6 Å². The fourth-order valence-corrected chi connectivity index (χ4v) is 2.37. The van der Waals surface area contributed by atoms with Crippen molar-refractivity contribution in [3.05, 3.63) is 41.2 Å². The van der Waals surface area contributed by atoms with Crippen LogP contribution in [0, 0.1) is 20.8 Å². The Kier molecular flexibility index (Phi) is 5.39. The first-order valence-electron chi connectivity index (χ1n) is 7.56. The molecule has 0 fully saturated rings. The molecule has 1 aromatic carbocycles. The van der Waals surface area contributed by atoms with Crippen molar-refractivity contribution in [3.8, 4) is 0 Å². The summed E-state index contributed by atoms with van der Waals surface area (Å²) >= 11 is 0. The van der Waals surface area contributed by atoms with Gasteiger partial charge in [-0.1, -0.05) is 17.7 Å². The van der Waals surface area contributed by atoms with Gasteiger partial charge in [-0.05, 0) is 45.7 Å². The van der Waals surface area contributed by atoms with Crippen LogP contribution in [0.15, 0.2) is 24.4 Å². The van der Waals surface area contributed by atoms with Crippen LogP contribution in [0.2, 0.25) is 0 Å². The number of aryl methyl sites for hydroxylation is 4. The Bertz CT molecular complexity index is 590. The molecule has 114 valence electrons. The Hall–Kier alpha value is -1.81. The number of nitrogens with one attached hydrogen (secondary N) is 1. The third-order valence-electron chi connectivity index (χ3n) is 3.42. The predicted molar refractivity (Wildman–Crippen MR) is 87.3 cm³/mol. The lowest BCUT2D eigenvalue weighted by Crippen LogP contribution is -2.06. The standard InChI is InChI=1S/C17H25N3O/c1-5-21-10-6-9-20-12-15(4)18-17(20)19-16-8-7-13(2)11-14(16)3/h7-8,11-12H,5-6,9-10H2,1-4H3,(H,18,19). The largest absolute Gasteiger partial charge is 0.382 e. The normalized spacial score (nSPS) is 10.9. The number of nitrogens with zero attached hydrogens (tertiary/aromatic N) is 2. The van der Waals surface area contributed by atoms with E-state index in [-0.39, 0.29) is 0 Å². The lowest BCUT2D eigenvalue weighted by molar-refractivity contribution is 0.142. The molecule has 1 N–H and O–H groups in total. The maximum Gasteiger partial charge on any atom is 0.207 e. The fraction of sp³-hybridized carbons (Fsp3) is 0.471. The highest BCUT2D eigenvalue weighted by Gasteiger charge is 2.07. The average molecular weight is 287 g/mol. The molecule has 0 saturated carbocycles. The number of anilines is 2. The second-order valence-corrected chi connectivity index (χ2v) is 5.39. The molecule has 2 rings (SSSR count). The molecule has 4 nitrogen and oxygen atoms in total. The number of imidazole rings is 1. The molecule has 1 heterocycles. The Morgan fingerprint density at radius 1 is 1.24 bits per heavy atom. The monoisotopic (exact) mass is 287 g/mol. The van der Waals surface area contributed by atoms with Gasteiger partial charge in [0.1, 0.15) is 0 Å². The second-order valence-electron chi connectivity index (χ2n) is 5.39. The number of benzene rings is 1. The number of aromatic nitrogens is 2. The molecule has 2 aromatic rings. The highest BCUT2D eigenvalue weighted by Crippen LogP contribution is 2.21. The zero-order valence-electron chi connectivity index (χ0n) is 13.4. The molecule has 0 bridgehead atoms. The third kappa shape index (κ3) is 4.33. The van der Waals surface area contributed by atoms with Crippen molar-refractivity contribution in [1.29, 1.82) is 0 Å². The molecule has 21 heavy (non-hydrogen) atoms. The summed E-state index contributed by atoms with van der Waals surface area (Å²) in [5.74, 6) is 0.899. The molecular weight excluding hydrogens is 262 g/mol. The lowest BCUT2D eigenvalue weighted by atomic mass is 10.1. The van der Waals surface area contributed by atoms with Crippen LogP contribution < -0.4 is 5.32 Å². The van der Waals surface area contributed by atoms with Crippen LogP contribution in [0.25, 0.3) is 0 Å². The zero-order valence-corrected chi connectivity index (χ0v) is 13.4. The summed E-state index contributed by atoms with van der Waals surface area (Å²) in [4.78, 5) is 4.58.